The number of hydrogen-bond acceptors (Lipinski definition) is 11. The van der Waals surface area contributed by atoms with Gasteiger partial charge in [-0.1, -0.05) is 97.1 Å². The molecule has 0 spiro atoms. The molecule has 330 valence electrons. The van der Waals surface area contributed by atoms with Crippen LogP contribution in [0.15, 0.2) is 97.1 Å². The summed E-state index contributed by atoms with van der Waals surface area (Å²) in [6.07, 6.45) is -0.232. The highest BCUT2D eigenvalue weighted by Crippen LogP contribution is 2.45. The minimum absolute atomic E-state index is 0.0772. The van der Waals surface area contributed by atoms with Crippen LogP contribution in [0, 0.1) is 0 Å². The molecule has 1 saturated heterocycles. The Morgan fingerprint density at radius 2 is 0.984 bits per heavy atom. The highest BCUT2D eigenvalue weighted by molar-refractivity contribution is 5.90. The first kappa shape index (κ1) is 45.3. The van der Waals surface area contributed by atoms with Crippen molar-refractivity contribution in [3.63, 3.8) is 0 Å². The molecule has 1 heterocycles. The molecule has 1 aliphatic heterocycles. The fourth-order valence-corrected chi connectivity index (χ4v) is 8.15. The van der Waals surface area contributed by atoms with Gasteiger partial charge in [0.25, 0.3) is 0 Å². The van der Waals surface area contributed by atoms with Crippen molar-refractivity contribution in [3.05, 3.63) is 119 Å². The van der Waals surface area contributed by atoms with Crippen molar-refractivity contribution in [1.29, 1.82) is 0 Å². The van der Waals surface area contributed by atoms with Gasteiger partial charge in [0.05, 0.1) is 14.2 Å². The number of likely N-dealkylation sites (tertiary alicyclic amines) is 1. The Morgan fingerprint density at radius 3 is 1.40 bits per heavy atom. The number of benzene rings is 4. The molecule has 0 saturated carbocycles. The maximum atomic E-state index is 13.0. The van der Waals surface area contributed by atoms with E-state index < -0.39 is 48.2 Å². The number of rotatable bonds is 13. The molecule has 3 aliphatic rings. The molecule has 1 fully saturated rings. The predicted molar refractivity (Wildman–Crippen MR) is 230 cm³/mol. The van der Waals surface area contributed by atoms with Crippen molar-refractivity contribution in [2.24, 2.45) is 0 Å². The van der Waals surface area contributed by atoms with Crippen LogP contribution in [0.2, 0.25) is 0 Å². The highest BCUT2D eigenvalue weighted by Gasteiger charge is 2.38. The highest BCUT2D eigenvalue weighted by atomic mass is 16.6. The molecule has 63 heavy (non-hydrogen) atoms. The Hall–Kier alpha value is -7.23. The van der Waals surface area contributed by atoms with Gasteiger partial charge < -0.3 is 40.2 Å². The van der Waals surface area contributed by atoms with Gasteiger partial charge >= 0.3 is 24.1 Å². The van der Waals surface area contributed by atoms with Gasteiger partial charge in [-0.2, -0.15) is 0 Å². The number of hydrogen-bond donors (Lipinski definition) is 4. The van der Waals surface area contributed by atoms with Crippen LogP contribution in [0.5, 0.6) is 0 Å². The molecule has 16 nitrogen and oxygen atoms in total. The summed E-state index contributed by atoms with van der Waals surface area (Å²) in [6.45, 7) is 3.12. The average Bonchev–Trinajstić information content (AvgIpc) is 4.00. The standard InChI is InChI=1S/C26H29N3O6.C21H22N2O5/c1-16(30)27-14-22(25(32)34-2)28-24(31)23-12-7-13-29(23)26(33)35-15-21-19-10-5-3-8-17(19)18-9-4-6-11-20(18)21;1-13(24)22-11-19(20(25)27-2)23-21(26)28-12-18-16-9-5-3-7-14(16)15-8-4-6-10-17(15)18/h3-6,8-11,21-23H,7,12-15H2,1-2H3,(H,27,30)(H,28,31);3-10,18-19H,11-12H2,1-2H3,(H,22,24)(H,23,26)/t22-,23-;19-/m00/s1. The van der Waals surface area contributed by atoms with Crippen molar-refractivity contribution in [2.45, 2.75) is 56.7 Å². The normalized spacial score (nSPS) is 15.4. The monoisotopic (exact) mass is 861 g/mol. The van der Waals surface area contributed by atoms with E-state index in [1.54, 1.807) is 0 Å². The van der Waals surface area contributed by atoms with Crippen LogP contribution in [0.25, 0.3) is 22.3 Å². The molecule has 0 bridgehead atoms. The summed E-state index contributed by atoms with van der Waals surface area (Å²) in [5, 5.41) is 10.0. The zero-order valence-corrected chi connectivity index (χ0v) is 35.5. The number of ether oxygens (including phenoxy) is 4. The smallest absolute Gasteiger partial charge is 0.410 e. The van der Waals surface area contributed by atoms with E-state index in [1.165, 1.54) is 33.0 Å². The number of nitrogens with one attached hydrogen (secondary N) is 4. The van der Waals surface area contributed by atoms with Crippen LogP contribution in [0.4, 0.5) is 9.59 Å². The van der Waals surface area contributed by atoms with Crippen LogP contribution in [-0.4, -0.2) is 112 Å². The van der Waals surface area contributed by atoms with E-state index in [0.29, 0.717) is 19.4 Å². The quantitative estimate of drug-likeness (QED) is 0.110. The predicted octanol–water partition coefficient (Wildman–Crippen LogP) is 4.40. The number of esters is 2. The molecule has 3 atom stereocenters. The lowest BCUT2D eigenvalue weighted by atomic mass is 9.98. The molecular formula is C47H51N5O11. The molecule has 7 rings (SSSR count). The zero-order chi connectivity index (χ0) is 45.0. The minimum atomic E-state index is -1.05. The molecule has 4 N–H and O–H groups in total. The number of amides is 5. The van der Waals surface area contributed by atoms with Gasteiger partial charge in [-0.25, -0.2) is 19.2 Å². The Kier molecular flexibility index (Phi) is 15.1. The van der Waals surface area contributed by atoms with Gasteiger partial charge in [-0.3, -0.25) is 19.3 Å². The van der Waals surface area contributed by atoms with Crippen molar-refractivity contribution in [1.82, 2.24) is 26.2 Å². The lowest BCUT2D eigenvalue weighted by Crippen LogP contribution is -2.54. The van der Waals surface area contributed by atoms with Crippen LogP contribution < -0.4 is 21.3 Å². The minimum Gasteiger partial charge on any atom is -0.467 e. The second-order valence-corrected chi connectivity index (χ2v) is 15.2. The number of methoxy groups -OCH3 is 2. The maximum Gasteiger partial charge on any atom is 0.410 e. The fourth-order valence-electron chi connectivity index (χ4n) is 8.15. The van der Waals surface area contributed by atoms with Crippen molar-refractivity contribution < 1.29 is 52.5 Å². The molecule has 0 unspecified atom stereocenters. The number of nitrogens with zero attached hydrogens (tertiary/aromatic N) is 1. The topological polar surface area (TPSA) is 208 Å². The van der Waals surface area contributed by atoms with E-state index in [-0.39, 0.29) is 50.0 Å². The zero-order valence-electron chi connectivity index (χ0n) is 35.5. The summed E-state index contributed by atoms with van der Waals surface area (Å²) in [5.41, 5.74) is 8.94. The fraction of sp³-hybridized carbons (Fsp3) is 0.340. The van der Waals surface area contributed by atoms with Crippen LogP contribution in [-0.2, 0) is 42.9 Å². The van der Waals surface area contributed by atoms with E-state index in [4.69, 9.17) is 14.2 Å². The summed E-state index contributed by atoms with van der Waals surface area (Å²) >= 11 is 0. The first-order valence-corrected chi connectivity index (χ1v) is 20.6. The SMILES string of the molecule is COC(=O)[C@H](CNC(C)=O)NC(=O)OCC1c2ccccc2-c2ccccc21.COC(=O)[C@H](CNC(C)=O)NC(=O)[C@@H]1CCCN1C(=O)OCC1c2ccccc2-c2ccccc21. The first-order valence-electron chi connectivity index (χ1n) is 20.6. The van der Waals surface area contributed by atoms with Gasteiger partial charge in [0.15, 0.2) is 0 Å². The van der Waals surface area contributed by atoms with Crippen molar-refractivity contribution in [3.8, 4) is 22.3 Å². The third-order valence-electron chi connectivity index (χ3n) is 11.2. The third kappa shape index (κ3) is 10.8. The number of carbonyl (C=O) groups excluding carboxylic acids is 7. The van der Waals surface area contributed by atoms with Gasteiger partial charge in [-0.15, -0.1) is 0 Å². The summed E-state index contributed by atoms with van der Waals surface area (Å²) in [7, 11) is 2.41. The lowest BCUT2D eigenvalue weighted by Gasteiger charge is -2.26. The Labute approximate surface area is 365 Å². The molecule has 4 aromatic rings. The van der Waals surface area contributed by atoms with E-state index >= 15 is 0 Å². The average molecular weight is 862 g/mol. The van der Waals surface area contributed by atoms with E-state index in [1.807, 2.05) is 72.8 Å². The van der Waals surface area contributed by atoms with Crippen LogP contribution in [0.1, 0.15) is 60.8 Å². The first-order chi connectivity index (χ1) is 30.4. The van der Waals surface area contributed by atoms with E-state index in [2.05, 4.69) is 50.3 Å². The maximum absolute atomic E-state index is 13.0. The Balaban J connectivity index is 0.000000215. The van der Waals surface area contributed by atoms with Gasteiger partial charge in [-0.05, 0) is 57.3 Å². The molecular weight excluding hydrogens is 811 g/mol. The Bertz CT molecular complexity index is 2260. The second kappa shape index (κ2) is 21.0. The molecule has 0 aromatic heterocycles. The summed E-state index contributed by atoms with van der Waals surface area (Å²) in [4.78, 5) is 85.7. The molecule has 2 aliphatic carbocycles. The number of fused-ring (bicyclic) bond motifs is 6. The molecule has 0 radical (unpaired) electrons. The van der Waals surface area contributed by atoms with Crippen molar-refractivity contribution >= 4 is 41.8 Å². The van der Waals surface area contributed by atoms with E-state index in [0.717, 1.165) is 44.5 Å². The lowest BCUT2D eigenvalue weighted by molar-refractivity contribution is -0.145. The summed E-state index contributed by atoms with van der Waals surface area (Å²) < 4.78 is 20.5. The number of alkyl carbamates (subject to hydrolysis) is 1. The molecule has 5 amide bonds. The Morgan fingerprint density at radius 1 is 0.587 bits per heavy atom. The number of carbonyl (C=O) groups is 7. The summed E-state index contributed by atoms with van der Waals surface area (Å²) in [6, 6.07) is 29.3. The van der Waals surface area contributed by atoms with Crippen LogP contribution in [0.3, 0.4) is 0 Å². The van der Waals surface area contributed by atoms with Crippen LogP contribution >= 0.6 is 0 Å². The van der Waals surface area contributed by atoms with Gasteiger partial charge in [0.2, 0.25) is 17.7 Å². The van der Waals surface area contributed by atoms with Crippen molar-refractivity contribution in [2.75, 3.05) is 47.1 Å². The molecule has 16 heteroatoms. The van der Waals surface area contributed by atoms with E-state index in [9.17, 15) is 33.6 Å². The largest absolute Gasteiger partial charge is 0.467 e. The second-order valence-electron chi connectivity index (χ2n) is 15.2. The summed E-state index contributed by atoms with van der Waals surface area (Å²) in [5.74, 6) is -2.65. The van der Waals surface area contributed by atoms with Gasteiger partial charge in [0, 0.05) is 45.3 Å². The third-order valence-corrected chi connectivity index (χ3v) is 11.2. The van der Waals surface area contributed by atoms with Gasteiger partial charge in [0.1, 0.15) is 31.3 Å². The molecule has 4 aromatic carbocycles.